The van der Waals surface area contributed by atoms with Gasteiger partial charge in [0.25, 0.3) is 0 Å². The van der Waals surface area contributed by atoms with Gasteiger partial charge in [-0.25, -0.2) is 5.43 Å². The fourth-order valence-electron chi connectivity index (χ4n) is 1.36. The lowest BCUT2D eigenvalue weighted by molar-refractivity contribution is -0.182. The van der Waals surface area contributed by atoms with Gasteiger partial charge < -0.3 is 20.7 Å². The quantitative estimate of drug-likeness (QED) is 0.188. The highest BCUT2D eigenvalue weighted by Gasteiger charge is 2.42. The van der Waals surface area contributed by atoms with Crippen LogP contribution in [0.3, 0.4) is 0 Å². The topological polar surface area (TPSA) is 143 Å². The van der Waals surface area contributed by atoms with Crippen molar-refractivity contribution in [3.05, 3.63) is 4.91 Å². The molecule has 1 aliphatic rings. The molecule has 1 heterocycles. The average Bonchev–Trinajstić information content (AvgIpc) is 2.19. The monoisotopic (exact) mass is 206 g/mol. The van der Waals surface area contributed by atoms with E-state index in [4.69, 9.17) is 16.3 Å². The van der Waals surface area contributed by atoms with Crippen LogP contribution in [0.25, 0.3) is 0 Å². The molecule has 1 rings (SSSR count). The van der Waals surface area contributed by atoms with Crippen LogP contribution in [-0.4, -0.2) is 47.3 Å². The number of nitrogens with two attached hydrogens (primary N) is 2. The lowest BCUT2D eigenvalue weighted by atomic mass is 9.97. The molecule has 82 valence electrons. The number of rotatable bonds is 3. The summed E-state index contributed by atoms with van der Waals surface area (Å²) in [5.74, 6) is 5.10. The number of hydrogen-bond acceptors (Lipinski definition) is 8. The lowest BCUT2D eigenvalue weighted by Gasteiger charge is -2.40. The molecule has 0 bridgehead atoms. The van der Waals surface area contributed by atoms with Gasteiger partial charge in [-0.3, -0.25) is 5.84 Å². The highest BCUT2D eigenvalue weighted by molar-refractivity contribution is 4.93. The molecule has 1 fully saturated rings. The average molecular weight is 206 g/mol. The van der Waals surface area contributed by atoms with Gasteiger partial charge in [0.05, 0.1) is 6.04 Å². The molecule has 0 aromatic heterocycles. The summed E-state index contributed by atoms with van der Waals surface area (Å²) in [5, 5.41) is 21.5. The fourth-order valence-corrected chi connectivity index (χ4v) is 1.36. The van der Waals surface area contributed by atoms with Crippen molar-refractivity contribution in [1.82, 2.24) is 5.43 Å². The normalized spacial score (nSPS) is 43.6. The third-order valence-corrected chi connectivity index (χ3v) is 2.21. The highest BCUT2D eigenvalue weighted by atomic mass is 16.5. The number of hydrazine groups is 1. The fraction of sp³-hybridized carbons (Fsp3) is 1.00. The van der Waals surface area contributed by atoms with Crippen LogP contribution in [0.15, 0.2) is 5.18 Å². The summed E-state index contributed by atoms with van der Waals surface area (Å²) < 4.78 is 5.11. The lowest BCUT2D eigenvalue weighted by Crippen LogP contribution is -2.66. The van der Waals surface area contributed by atoms with Crippen molar-refractivity contribution >= 4 is 0 Å². The van der Waals surface area contributed by atoms with Crippen molar-refractivity contribution in [2.24, 2.45) is 16.8 Å². The van der Waals surface area contributed by atoms with Crippen LogP contribution in [0.5, 0.6) is 0 Å². The number of nitrogens with one attached hydrogen (secondary N) is 1. The Hall–Kier alpha value is -0.640. The van der Waals surface area contributed by atoms with E-state index < -0.39 is 30.6 Å². The Morgan fingerprint density at radius 1 is 1.43 bits per heavy atom. The molecule has 8 heteroatoms. The predicted molar refractivity (Wildman–Crippen MR) is 46.6 cm³/mol. The van der Waals surface area contributed by atoms with E-state index in [2.05, 4.69) is 10.6 Å². The van der Waals surface area contributed by atoms with Crippen LogP contribution in [0.2, 0.25) is 0 Å². The smallest absolute Gasteiger partial charge is 0.138 e. The Labute approximate surface area is 80.2 Å². The van der Waals surface area contributed by atoms with E-state index in [1.165, 1.54) is 0 Å². The van der Waals surface area contributed by atoms with Crippen LogP contribution < -0.4 is 17.0 Å². The summed E-state index contributed by atoms with van der Waals surface area (Å²) in [4.78, 5) is 10.00. The zero-order valence-electron chi connectivity index (χ0n) is 7.41. The van der Waals surface area contributed by atoms with Crippen LogP contribution in [0, 0.1) is 4.91 Å². The predicted octanol–water partition coefficient (Wildman–Crippen LogP) is -3.01. The molecule has 4 unspecified atom stereocenters. The van der Waals surface area contributed by atoms with Crippen molar-refractivity contribution in [1.29, 1.82) is 0 Å². The van der Waals surface area contributed by atoms with Crippen molar-refractivity contribution < 1.29 is 14.9 Å². The Morgan fingerprint density at radius 2 is 2.07 bits per heavy atom. The van der Waals surface area contributed by atoms with E-state index >= 15 is 0 Å². The first-order valence-corrected chi connectivity index (χ1v) is 4.14. The molecule has 0 amide bonds. The second-order valence-electron chi connectivity index (χ2n) is 3.13. The summed E-state index contributed by atoms with van der Waals surface area (Å²) in [5.41, 5.74) is 7.73. The van der Waals surface area contributed by atoms with E-state index in [1.54, 1.807) is 0 Å². The molecule has 1 saturated heterocycles. The number of nitrogens with zero attached hydrogens (tertiary/aromatic N) is 1. The third-order valence-electron chi connectivity index (χ3n) is 2.21. The van der Waals surface area contributed by atoms with Gasteiger partial charge in [0.15, 0.2) is 0 Å². The Balaban J connectivity index is 2.67. The standard InChI is InChI=1S/C6H14N4O4/c7-3-5(12)4(11)2(1-9-13)14-6(3)10-8/h2-6,10-12H,1,7-8H2/t2?,3?,4?,5?,6-/m0/s1. The first kappa shape index (κ1) is 11.4. The van der Waals surface area contributed by atoms with Gasteiger partial charge in [-0.1, -0.05) is 5.18 Å². The third kappa shape index (κ3) is 2.05. The molecule has 0 aliphatic carbocycles. The maximum absolute atomic E-state index is 10.00. The van der Waals surface area contributed by atoms with Gasteiger partial charge >= 0.3 is 0 Å². The Kier molecular flexibility index (Phi) is 3.86. The van der Waals surface area contributed by atoms with Crippen molar-refractivity contribution in [2.45, 2.75) is 30.6 Å². The van der Waals surface area contributed by atoms with Crippen molar-refractivity contribution in [3.8, 4) is 0 Å². The summed E-state index contributed by atoms with van der Waals surface area (Å²) >= 11 is 0. The van der Waals surface area contributed by atoms with Crippen LogP contribution >= 0.6 is 0 Å². The second kappa shape index (κ2) is 4.73. The van der Waals surface area contributed by atoms with Gasteiger partial charge in [-0.15, -0.1) is 0 Å². The van der Waals surface area contributed by atoms with Gasteiger partial charge in [-0.05, 0) is 0 Å². The molecule has 14 heavy (non-hydrogen) atoms. The number of hydrogen-bond donors (Lipinski definition) is 5. The van der Waals surface area contributed by atoms with E-state index in [9.17, 15) is 15.1 Å². The van der Waals surface area contributed by atoms with Gasteiger partial charge in [0, 0.05) is 0 Å². The first-order valence-electron chi connectivity index (χ1n) is 4.14. The second-order valence-corrected chi connectivity index (χ2v) is 3.13. The highest BCUT2D eigenvalue weighted by Crippen LogP contribution is 2.18. The van der Waals surface area contributed by atoms with Crippen LogP contribution in [0.4, 0.5) is 0 Å². The van der Waals surface area contributed by atoms with E-state index in [-0.39, 0.29) is 6.54 Å². The summed E-state index contributed by atoms with van der Waals surface area (Å²) in [6.07, 6.45) is -4.12. The molecular weight excluding hydrogens is 192 g/mol. The molecule has 0 spiro atoms. The number of aliphatic hydroxyl groups excluding tert-OH is 2. The van der Waals surface area contributed by atoms with E-state index in [0.717, 1.165) is 0 Å². The molecule has 0 aromatic rings. The van der Waals surface area contributed by atoms with E-state index in [0.29, 0.717) is 0 Å². The molecule has 0 radical (unpaired) electrons. The van der Waals surface area contributed by atoms with Crippen molar-refractivity contribution in [3.63, 3.8) is 0 Å². The Bertz CT molecular complexity index is 202. The van der Waals surface area contributed by atoms with Crippen molar-refractivity contribution in [2.75, 3.05) is 6.54 Å². The molecule has 8 nitrogen and oxygen atoms in total. The maximum Gasteiger partial charge on any atom is 0.138 e. The summed E-state index contributed by atoms with van der Waals surface area (Å²) in [7, 11) is 0. The molecular formula is C6H14N4O4. The zero-order chi connectivity index (χ0) is 10.7. The summed E-state index contributed by atoms with van der Waals surface area (Å²) in [6, 6.07) is -0.849. The molecule has 0 aromatic carbocycles. The molecule has 5 atom stereocenters. The molecule has 0 saturated carbocycles. The number of aliphatic hydroxyl groups is 2. The molecule has 7 N–H and O–H groups in total. The number of ether oxygens (including phenoxy) is 1. The minimum absolute atomic E-state index is 0.261. The number of nitroso groups, excluding NO2 is 1. The van der Waals surface area contributed by atoms with Gasteiger partial charge in [0.1, 0.15) is 31.1 Å². The minimum atomic E-state index is -1.23. The summed E-state index contributed by atoms with van der Waals surface area (Å²) in [6.45, 7) is -0.261. The van der Waals surface area contributed by atoms with Crippen LogP contribution in [0.1, 0.15) is 0 Å². The van der Waals surface area contributed by atoms with Gasteiger partial charge in [0.2, 0.25) is 0 Å². The van der Waals surface area contributed by atoms with Gasteiger partial charge in [-0.2, -0.15) is 4.91 Å². The SMILES string of the molecule is NN[C@H]1OC(CN=O)C(O)C(O)C1N. The minimum Gasteiger partial charge on any atom is -0.389 e. The largest absolute Gasteiger partial charge is 0.389 e. The first-order chi connectivity index (χ1) is 6.61. The molecule has 1 aliphatic heterocycles. The zero-order valence-corrected chi connectivity index (χ0v) is 7.41. The van der Waals surface area contributed by atoms with E-state index in [1.807, 2.05) is 0 Å². The maximum atomic E-state index is 10.00. The Morgan fingerprint density at radius 3 is 2.57 bits per heavy atom. The van der Waals surface area contributed by atoms with Crippen LogP contribution in [-0.2, 0) is 4.74 Å².